The van der Waals surface area contributed by atoms with Crippen LogP contribution in [-0.4, -0.2) is 51.7 Å². The van der Waals surface area contributed by atoms with Gasteiger partial charge in [-0.25, -0.2) is 9.59 Å². The van der Waals surface area contributed by atoms with Gasteiger partial charge in [0.15, 0.2) is 0 Å². The minimum Gasteiger partial charge on any atom is -0.478 e. The maximum atomic E-state index is 9.55. The molecule has 6 nitrogen and oxygen atoms in total. The van der Waals surface area contributed by atoms with Gasteiger partial charge in [0, 0.05) is 35.8 Å². The highest BCUT2D eigenvalue weighted by molar-refractivity contribution is 5.89. The number of hydrogen-bond acceptors (Lipinski definition) is 3. The van der Waals surface area contributed by atoms with Crippen LogP contribution in [0.5, 0.6) is 0 Å². The average Bonchev–Trinajstić information content (AvgIpc) is 2.88. The molecular weight excluding hydrogens is 296 g/mol. The number of rotatable bonds is 5. The molecule has 3 N–H and O–H groups in total. The van der Waals surface area contributed by atoms with Gasteiger partial charge in [0.05, 0.1) is 0 Å². The fourth-order valence-corrected chi connectivity index (χ4v) is 2.36. The van der Waals surface area contributed by atoms with Crippen molar-refractivity contribution in [2.45, 2.75) is 12.8 Å². The van der Waals surface area contributed by atoms with Crippen molar-refractivity contribution in [1.82, 2.24) is 9.88 Å². The summed E-state index contributed by atoms with van der Waals surface area (Å²) < 4.78 is 0. The van der Waals surface area contributed by atoms with E-state index in [1.807, 2.05) is 0 Å². The molecule has 2 heterocycles. The number of aromatic amines is 1. The second kappa shape index (κ2) is 8.14. The van der Waals surface area contributed by atoms with Crippen molar-refractivity contribution in [1.29, 1.82) is 0 Å². The Balaban J connectivity index is 0.000000207. The van der Waals surface area contributed by atoms with Crippen LogP contribution in [0, 0.1) is 0 Å². The lowest BCUT2D eigenvalue weighted by Crippen LogP contribution is -2.38. The summed E-state index contributed by atoms with van der Waals surface area (Å²) >= 11 is 0. The molecule has 1 aliphatic rings. The summed E-state index contributed by atoms with van der Waals surface area (Å²) in [5.74, 6) is -2.51. The maximum absolute atomic E-state index is 9.55. The van der Waals surface area contributed by atoms with E-state index in [4.69, 9.17) is 10.2 Å². The number of para-hydroxylation sites is 1. The third kappa shape index (κ3) is 5.27. The molecule has 1 aromatic carbocycles. The number of hydrogen-bond donors (Lipinski definition) is 3. The molecule has 1 aliphatic heterocycles. The molecule has 0 spiro atoms. The zero-order valence-corrected chi connectivity index (χ0v) is 12.7. The lowest BCUT2D eigenvalue weighted by atomic mass is 10.1. The number of aliphatic carboxylic acids is 2. The average molecular weight is 316 g/mol. The fourth-order valence-electron chi connectivity index (χ4n) is 2.36. The normalized spacial score (nSPS) is 14.3. The lowest BCUT2D eigenvalue weighted by molar-refractivity contribution is -0.134. The first-order valence-electron chi connectivity index (χ1n) is 7.47. The molecular formula is C17H20N2O4. The highest BCUT2D eigenvalue weighted by atomic mass is 16.4. The second-order valence-electron chi connectivity index (χ2n) is 5.31. The van der Waals surface area contributed by atoms with Crippen LogP contribution >= 0.6 is 0 Å². The quantitative estimate of drug-likeness (QED) is 0.735. The fraction of sp³-hybridized carbons (Fsp3) is 0.294. The van der Waals surface area contributed by atoms with Gasteiger partial charge in [-0.3, -0.25) is 0 Å². The summed E-state index contributed by atoms with van der Waals surface area (Å²) in [5, 5.41) is 17.0. The summed E-state index contributed by atoms with van der Waals surface area (Å²) in [6, 6.07) is 8.54. The minimum absolute atomic E-state index is 0.558. The zero-order chi connectivity index (χ0) is 16.7. The van der Waals surface area contributed by atoms with Gasteiger partial charge in [0.2, 0.25) is 0 Å². The third-order valence-electron chi connectivity index (χ3n) is 3.69. The number of nitrogens with zero attached hydrogens (tertiary/aromatic N) is 1. The number of carbonyl (C=O) groups is 2. The number of aromatic nitrogens is 1. The van der Waals surface area contributed by atoms with E-state index in [9.17, 15) is 9.59 Å². The van der Waals surface area contributed by atoms with Gasteiger partial charge in [0.1, 0.15) is 0 Å². The van der Waals surface area contributed by atoms with E-state index in [0.717, 1.165) is 0 Å². The Morgan fingerprint density at radius 2 is 1.78 bits per heavy atom. The molecule has 0 saturated carbocycles. The minimum atomic E-state index is -1.26. The molecule has 0 atom stereocenters. The summed E-state index contributed by atoms with van der Waals surface area (Å²) in [5.41, 5.74) is 2.72. The Labute approximate surface area is 134 Å². The molecule has 3 rings (SSSR count). The van der Waals surface area contributed by atoms with Crippen LogP contribution < -0.4 is 0 Å². The molecule has 1 fully saturated rings. The van der Waals surface area contributed by atoms with Gasteiger partial charge < -0.3 is 20.1 Å². The monoisotopic (exact) mass is 316 g/mol. The summed E-state index contributed by atoms with van der Waals surface area (Å²) in [6.07, 6.45) is 5.83. The summed E-state index contributed by atoms with van der Waals surface area (Å²) in [7, 11) is 0. The number of carboxylic acid groups (broad SMARTS) is 2. The van der Waals surface area contributed by atoms with Crippen LogP contribution in [0.15, 0.2) is 42.6 Å². The smallest absolute Gasteiger partial charge is 0.328 e. The van der Waals surface area contributed by atoms with Gasteiger partial charge in [0.25, 0.3) is 0 Å². The van der Waals surface area contributed by atoms with Gasteiger partial charge in [-0.2, -0.15) is 0 Å². The first kappa shape index (κ1) is 16.8. The molecule has 0 unspecified atom stereocenters. The van der Waals surface area contributed by atoms with Crippen LogP contribution in [-0.2, 0) is 16.0 Å². The second-order valence-corrected chi connectivity index (χ2v) is 5.31. The van der Waals surface area contributed by atoms with Crippen molar-refractivity contribution >= 4 is 22.8 Å². The van der Waals surface area contributed by atoms with E-state index >= 15 is 0 Å². The number of fused-ring (bicyclic) bond motifs is 1. The van der Waals surface area contributed by atoms with E-state index in [1.54, 1.807) is 0 Å². The van der Waals surface area contributed by atoms with Gasteiger partial charge in [-0.05, 0) is 37.6 Å². The van der Waals surface area contributed by atoms with Crippen LogP contribution in [0.3, 0.4) is 0 Å². The predicted molar refractivity (Wildman–Crippen MR) is 87.5 cm³/mol. The van der Waals surface area contributed by atoms with Gasteiger partial charge >= 0.3 is 11.9 Å². The molecule has 0 aliphatic carbocycles. The third-order valence-corrected chi connectivity index (χ3v) is 3.69. The number of benzene rings is 1. The highest BCUT2D eigenvalue weighted by Gasteiger charge is 2.13. The molecule has 23 heavy (non-hydrogen) atoms. The Bertz CT molecular complexity index is 685. The van der Waals surface area contributed by atoms with E-state index in [0.29, 0.717) is 12.2 Å². The topological polar surface area (TPSA) is 93.6 Å². The molecule has 0 bridgehead atoms. The molecule has 0 radical (unpaired) electrons. The van der Waals surface area contributed by atoms with Crippen molar-refractivity contribution in [3.8, 4) is 0 Å². The van der Waals surface area contributed by atoms with E-state index in [-0.39, 0.29) is 0 Å². The Morgan fingerprint density at radius 1 is 1.13 bits per heavy atom. The molecule has 1 aromatic heterocycles. The SMILES string of the molecule is O=C(O)/C=C/C(=O)O.c1ccc2c(CCN3CCC3)c[nH]c2c1. The molecule has 1 saturated heterocycles. The molecule has 6 heteroatoms. The Hall–Kier alpha value is -2.60. The molecule has 122 valence electrons. The Morgan fingerprint density at radius 3 is 2.35 bits per heavy atom. The number of likely N-dealkylation sites (tertiary alicyclic amines) is 1. The van der Waals surface area contributed by atoms with Crippen LogP contribution in [0.1, 0.15) is 12.0 Å². The number of H-pyrrole nitrogens is 1. The van der Waals surface area contributed by atoms with Crippen molar-refractivity contribution in [2.75, 3.05) is 19.6 Å². The van der Waals surface area contributed by atoms with Crippen molar-refractivity contribution in [3.63, 3.8) is 0 Å². The summed E-state index contributed by atoms with van der Waals surface area (Å²) in [4.78, 5) is 25.0. The highest BCUT2D eigenvalue weighted by Crippen LogP contribution is 2.19. The predicted octanol–water partition coefficient (Wildman–Crippen LogP) is 2.13. The number of nitrogens with one attached hydrogen (secondary N) is 1. The Kier molecular flexibility index (Phi) is 5.94. The van der Waals surface area contributed by atoms with Crippen LogP contribution in [0.4, 0.5) is 0 Å². The van der Waals surface area contributed by atoms with E-state index in [1.165, 1.54) is 48.9 Å². The zero-order valence-electron chi connectivity index (χ0n) is 12.7. The van der Waals surface area contributed by atoms with Crippen molar-refractivity contribution in [3.05, 3.63) is 48.2 Å². The van der Waals surface area contributed by atoms with E-state index in [2.05, 4.69) is 40.3 Å². The molecule has 2 aromatic rings. The summed E-state index contributed by atoms with van der Waals surface area (Å²) in [6.45, 7) is 3.80. The number of carboxylic acids is 2. The van der Waals surface area contributed by atoms with Crippen molar-refractivity contribution in [2.24, 2.45) is 0 Å². The van der Waals surface area contributed by atoms with E-state index < -0.39 is 11.9 Å². The van der Waals surface area contributed by atoms with Crippen LogP contribution in [0.2, 0.25) is 0 Å². The first-order valence-corrected chi connectivity index (χ1v) is 7.47. The van der Waals surface area contributed by atoms with Gasteiger partial charge in [-0.1, -0.05) is 18.2 Å². The molecule has 0 amide bonds. The van der Waals surface area contributed by atoms with Crippen molar-refractivity contribution < 1.29 is 19.8 Å². The van der Waals surface area contributed by atoms with Crippen LogP contribution in [0.25, 0.3) is 10.9 Å². The maximum Gasteiger partial charge on any atom is 0.328 e. The standard InChI is InChI=1S/C13H16N2.C4H4O4/c1-2-5-13-12(4-1)11(10-14-13)6-9-15-7-3-8-15;5-3(6)1-2-4(7)8/h1-2,4-5,10,14H,3,6-9H2;1-2H,(H,5,6)(H,7,8)/b;2-1+. The largest absolute Gasteiger partial charge is 0.478 e. The first-order chi connectivity index (χ1) is 11.1. The van der Waals surface area contributed by atoms with Gasteiger partial charge in [-0.15, -0.1) is 0 Å². The lowest BCUT2D eigenvalue weighted by Gasteiger charge is -2.30.